The predicted molar refractivity (Wildman–Crippen MR) is 181 cm³/mol. The van der Waals surface area contributed by atoms with Crippen molar-refractivity contribution >= 4 is 43.4 Å². The Morgan fingerprint density at radius 2 is 1.50 bits per heavy atom. The number of aliphatic carboxylic acids is 1. The SMILES string of the molecule is Cn1c(=O)c(-c2cccc3c(C[C@H](NC(=O)C4(C(F)(F)F)CCN(C5CCS(=O)(=O)CC5)CC4)C(=O)O)cccc23)c(C(F)(F)F)c2ccccc21. The molecule has 3 heterocycles. The zero-order chi connectivity index (χ0) is 37.8. The Morgan fingerprint density at radius 3 is 2.12 bits per heavy atom. The number of hydrogen-bond donors (Lipinski definition) is 2. The minimum atomic E-state index is -5.03. The Balaban J connectivity index is 1.32. The smallest absolute Gasteiger partial charge is 0.417 e. The summed E-state index contributed by atoms with van der Waals surface area (Å²) in [6.45, 7) is -0.286. The first kappa shape index (κ1) is 37.3. The predicted octanol–water partition coefficient (Wildman–Crippen LogP) is 5.71. The Bertz CT molecular complexity index is 2210. The van der Waals surface area contributed by atoms with Gasteiger partial charge >= 0.3 is 18.3 Å². The lowest BCUT2D eigenvalue weighted by Gasteiger charge is -2.45. The molecule has 0 aliphatic carbocycles. The second-order valence-corrected chi connectivity index (χ2v) is 15.8. The molecule has 278 valence electrons. The van der Waals surface area contributed by atoms with E-state index >= 15 is 0 Å². The van der Waals surface area contributed by atoms with E-state index in [9.17, 15) is 54.3 Å². The maximum atomic E-state index is 14.7. The van der Waals surface area contributed by atoms with Gasteiger partial charge in [0.05, 0.1) is 28.1 Å². The molecule has 0 spiro atoms. The van der Waals surface area contributed by atoms with Crippen molar-refractivity contribution in [3.63, 3.8) is 0 Å². The standard InChI is InChI=1S/C36H35F6N3O6S/c1-44-28-11-3-2-7-26(28)30(35(37,38)39)29(31(44)46)25-10-5-8-23-21(6-4-9-24(23)25)20-27(32(47)48)43-33(49)34(36(40,41)42)14-16-45(17-15-34)22-12-18-52(50,51)19-13-22/h2-11,22,27H,12-20H2,1H3,(H,43,49)(H,47,48)/t27-/m0/s1. The molecule has 1 amide bonds. The molecule has 2 fully saturated rings. The fraction of sp³-hybridized carbons (Fsp3) is 0.417. The van der Waals surface area contributed by atoms with E-state index in [2.05, 4.69) is 5.32 Å². The van der Waals surface area contributed by atoms with Gasteiger partial charge in [-0.15, -0.1) is 0 Å². The van der Waals surface area contributed by atoms with Gasteiger partial charge in [0.1, 0.15) is 21.3 Å². The third-order valence-electron chi connectivity index (χ3n) is 10.6. The number of carbonyl (C=O) groups excluding carboxylic acids is 1. The molecular weight excluding hydrogens is 716 g/mol. The van der Waals surface area contributed by atoms with Gasteiger partial charge in [-0.25, -0.2) is 13.2 Å². The number of hydrogen-bond acceptors (Lipinski definition) is 6. The van der Waals surface area contributed by atoms with E-state index in [-0.39, 0.29) is 76.3 Å². The van der Waals surface area contributed by atoms with Gasteiger partial charge < -0.3 is 19.9 Å². The number of likely N-dealkylation sites (tertiary alicyclic amines) is 1. The number of rotatable bonds is 7. The van der Waals surface area contributed by atoms with Crippen LogP contribution < -0.4 is 10.9 Å². The molecule has 2 aliphatic rings. The number of sulfone groups is 1. The van der Waals surface area contributed by atoms with Gasteiger partial charge in [0.2, 0.25) is 5.91 Å². The van der Waals surface area contributed by atoms with Gasteiger partial charge in [0.15, 0.2) is 0 Å². The van der Waals surface area contributed by atoms with Crippen molar-refractivity contribution in [2.45, 2.75) is 56.5 Å². The van der Waals surface area contributed by atoms with Crippen molar-refractivity contribution in [3.05, 3.63) is 82.1 Å². The summed E-state index contributed by atoms with van der Waals surface area (Å²) in [4.78, 5) is 41.3. The molecule has 0 unspecified atom stereocenters. The van der Waals surface area contributed by atoms with Gasteiger partial charge in [-0.1, -0.05) is 54.6 Å². The van der Waals surface area contributed by atoms with Gasteiger partial charge in [0.25, 0.3) is 5.56 Å². The number of halogens is 6. The number of carboxylic acids is 1. The molecule has 2 saturated heterocycles. The van der Waals surface area contributed by atoms with Crippen LogP contribution in [-0.2, 0) is 39.1 Å². The molecular formula is C36H35F6N3O6S. The van der Waals surface area contributed by atoms with Crippen molar-refractivity contribution in [2.24, 2.45) is 12.5 Å². The number of para-hydroxylation sites is 1. The lowest BCUT2D eigenvalue weighted by atomic mass is 9.76. The van der Waals surface area contributed by atoms with Gasteiger partial charge in [-0.3, -0.25) is 9.59 Å². The second-order valence-electron chi connectivity index (χ2n) is 13.5. The molecule has 16 heteroatoms. The number of amides is 1. The van der Waals surface area contributed by atoms with Crippen LogP contribution in [-0.4, -0.2) is 77.7 Å². The quantitative estimate of drug-likeness (QED) is 0.232. The van der Waals surface area contributed by atoms with Crippen LogP contribution in [0.1, 0.15) is 36.8 Å². The Kier molecular flexibility index (Phi) is 9.70. The molecule has 4 aromatic rings. The highest BCUT2D eigenvalue weighted by Gasteiger charge is 2.61. The van der Waals surface area contributed by atoms with Gasteiger partial charge in [0, 0.05) is 24.9 Å². The van der Waals surface area contributed by atoms with E-state index in [0.717, 1.165) is 4.57 Å². The minimum Gasteiger partial charge on any atom is -0.480 e. The maximum absolute atomic E-state index is 14.7. The molecule has 2 N–H and O–H groups in total. The fourth-order valence-electron chi connectivity index (χ4n) is 7.68. The molecule has 1 atom stereocenters. The average molecular weight is 752 g/mol. The van der Waals surface area contributed by atoms with Crippen molar-refractivity contribution < 1.29 is 49.5 Å². The highest BCUT2D eigenvalue weighted by molar-refractivity contribution is 7.91. The number of benzene rings is 3. The zero-order valence-electron chi connectivity index (χ0n) is 27.9. The third-order valence-corrected chi connectivity index (χ3v) is 12.3. The zero-order valence-corrected chi connectivity index (χ0v) is 28.7. The summed E-state index contributed by atoms with van der Waals surface area (Å²) >= 11 is 0. The summed E-state index contributed by atoms with van der Waals surface area (Å²) in [5.74, 6) is -3.27. The topological polar surface area (TPSA) is 126 Å². The van der Waals surface area contributed by atoms with E-state index in [1.165, 1.54) is 67.7 Å². The molecule has 2 aliphatic heterocycles. The van der Waals surface area contributed by atoms with Crippen LogP contribution >= 0.6 is 0 Å². The number of aryl methyl sites for hydroxylation is 1. The first-order valence-electron chi connectivity index (χ1n) is 16.6. The lowest BCUT2D eigenvalue weighted by Crippen LogP contribution is -2.60. The summed E-state index contributed by atoms with van der Waals surface area (Å²) in [6.07, 6.45) is -11.3. The number of fused-ring (bicyclic) bond motifs is 2. The molecule has 0 bridgehead atoms. The minimum absolute atomic E-state index is 0.0660. The monoisotopic (exact) mass is 751 g/mol. The van der Waals surface area contributed by atoms with Gasteiger partial charge in [-0.2, -0.15) is 26.3 Å². The Hall–Kier alpha value is -4.44. The van der Waals surface area contributed by atoms with E-state index in [1.54, 1.807) is 4.90 Å². The van der Waals surface area contributed by atoms with Crippen LogP contribution in [0.5, 0.6) is 0 Å². The molecule has 6 rings (SSSR count). The largest absolute Gasteiger partial charge is 0.480 e. The first-order chi connectivity index (χ1) is 24.3. The Labute approximate surface area is 294 Å². The highest BCUT2D eigenvalue weighted by atomic mass is 32.2. The fourth-order valence-corrected chi connectivity index (χ4v) is 9.15. The van der Waals surface area contributed by atoms with Crippen molar-refractivity contribution in [1.82, 2.24) is 14.8 Å². The number of carboxylic acid groups (broad SMARTS) is 1. The molecule has 0 radical (unpaired) electrons. The summed E-state index contributed by atoms with van der Waals surface area (Å²) in [5, 5.41) is 12.4. The summed E-state index contributed by atoms with van der Waals surface area (Å²) < 4.78 is 113. The molecule has 9 nitrogen and oxygen atoms in total. The molecule has 52 heavy (non-hydrogen) atoms. The number of alkyl halides is 6. The first-order valence-corrected chi connectivity index (χ1v) is 18.4. The van der Waals surface area contributed by atoms with Crippen molar-refractivity contribution in [1.29, 1.82) is 0 Å². The van der Waals surface area contributed by atoms with E-state index in [1.807, 2.05) is 0 Å². The van der Waals surface area contributed by atoms with E-state index in [4.69, 9.17) is 0 Å². The van der Waals surface area contributed by atoms with E-state index in [0.29, 0.717) is 0 Å². The molecule has 0 saturated carbocycles. The normalized spacial score (nSPS) is 19.1. The number of nitrogens with one attached hydrogen (secondary N) is 1. The van der Waals surface area contributed by atoms with Crippen LogP contribution in [0.3, 0.4) is 0 Å². The maximum Gasteiger partial charge on any atom is 0.417 e. The number of piperidine rings is 1. The lowest BCUT2D eigenvalue weighted by molar-refractivity contribution is -0.234. The molecule has 1 aromatic heterocycles. The summed E-state index contributed by atoms with van der Waals surface area (Å²) in [6, 6.07) is 12.1. The summed E-state index contributed by atoms with van der Waals surface area (Å²) in [7, 11) is -1.85. The Morgan fingerprint density at radius 1 is 0.904 bits per heavy atom. The van der Waals surface area contributed by atoms with Crippen LogP contribution in [0, 0.1) is 5.41 Å². The van der Waals surface area contributed by atoms with Crippen molar-refractivity contribution in [2.75, 3.05) is 24.6 Å². The average Bonchev–Trinajstić information content (AvgIpc) is 3.08. The number of pyridine rings is 1. The number of carbonyl (C=O) groups is 2. The molecule has 3 aromatic carbocycles. The van der Waals surface area contributed by atoms with E-state index < -0.39 is 81.5 Å². The van der Waals surface area contributed by atoms with Crippen LogP contribution in [0.25, 0.3) is 32.8 Å². The number of nitrogens with zero attached hydrogens (tertiary/aromatic N) is 2. The second kappa shape index (κ2) is 13.5. The van der Waals surface area contributed by atoms with Crippen LogP contribution in [0.4, 0.5) is 26.3 Å². The summed E-state index contributed by atoms with van der Waals surface area (Å²) in [5.41, 5.74) is -5.38. The van der Waals surface area contributed by atoms with Crippen LogP contribution in [0.15, 0.2) is 65.5 Å². The van der Waals surface area contributed by atoms with Crippen molar-refractivity contribution in [3.8, 4) is 11.1 Å². The third kappa shape index (κ3) is 6.77. The van der Waals surface area contributed by atoms with Crippen LogP contribution in [0.2, 0.25) is 0 Å². The number of aromatic nitrogens is 1. The van der Waals surface area contributed by atoms with Gasteiger partial charge in [-0.05, 0) is 66.7 Å². The highest BCUT2D eigenvalue weighted by Crippen LogP contribution is 2.47.